The number of aliphatic hydroxyl groups is 8. The van der Waals surface area contributed by atoms with Gasteiger partial charge in [-0.1, -0.05) is 153 Å². The van der Waals surface area contributed by atoms with E-state index in [2.05, 4.69) is 55.6 Å². The lowest BCUT2D eigenvalue weighted by Gasteiger charge is -2.46. The van der Waals surface area contributed by atoms with Gasteiger partial charge in [0.15, 0.2) is 12.6 Å². The van der Waals surface area contributed by atoms with Gasteiger partial charge in [0.1, 0.15) is 48.8 Å². The van der Waals surface area contributed by atoms with Gasteiger partial charge in [-0.15, -0.1) is 0 Å². The summed E-state index contributed by atoms with van der Waals surface area (Å²) in [7, 11) is 0. The van der Waals surface area contributed by atoms with Crippen LogP contribution in [-0.4, -0.2) is 140 Å². The molecule has 362 valence electrons. The molecule has 2 saturated heterocycles. The first-order valence-corrected chi connectivity index (χ1v) is 24.2. The van der Waals surface area contributed by atoms with E-state index in [1.807, 2.05) is 0 Å². The SMILES string of the molecule is CC/C=C\C/C=C\C/C=C\CCCCCCCCCC(=O)NC(COC1OC(CO)C(OC2OC(CO)C(O)C(O)C2O)C(O)C1O)C(O)CCCCCCCCCCCCC. The highest BCUT2D eigenvalue weighted by Gasteiger charge is 2.51. The molecule has 0 radical (unpaired) electrons. The van der Waals surface area contributed by atoms with Gasteiger partial charge in [0, 0.05) is 6.42 Å². The predicted molar refractivity (Wildman–Crippen MR) is 240 cm³/mol. The molecule has 9 N–H and O–H groups in total. The molecule has 1 amide bonds. The maximum Gasteiger partial charge on any atom is 0.220 e. The second-order valence-electron chi connectivity index (χ2n) is 17.2. The minimum Gasteiger partial charge on any atom is -0.394 e. The molecule has 2 aliphatic heterocycles. The van der Waals surface area contributed by atoms with Gasteiger partial charge >= 0.3 is 0 Å². The van der Waals surface area contributed by atoms with Crippen LogP contribution in [0, 0.1) is 0 Å². The minimum atomic E-state index is -1.78. The third kappa shape index (κ3) is 22.9. The number of allylic oxidation sites excluding steroid dienone is 6. The first-order chi connectivity index (χ1) is 30.1. The fourth-order valence-corrected chi connectivity index (χ4v) is 7.90. The largest absolute Gasteiger partial charge is 0.394 e. The molecule has 0 bridgehead atoms. The zero-order valence-corrected chi connectivity index (χ0v) is 38.1. The molecule has 2 heterocycles. The summed E-state index contributed by atoms with van der Waals surface area (Å²) < 4.78 is 22.7. The van der Waals surface area contributed by atoms with Gasteiger partial charge in [0.25, 0.3) is 0 Å². The van der Waals surface area contributed by atoms with Crippen molar-refractivity contribution in [2.45, 2.75) is 242 Å². The molecule has 12 atom stereocenters. The molecule has 0 spiro atoms. The van der Waals surface area contributed by atoms with Gasteiger partial charge in [-0.3, -0.25) is 4.79 Å². The van der Waals surface area contributed by atoms with Crippen LogP contribution in [0.4, 0.5) is 0 Å². The fourth-order valence-electron chi connectivity index (χ4n) is 7.90. The number of nitrogens with one attached hydrogen (secondary N) is 1. The maximum atomic E-state index is 13.1. The Morgan fingerprint density at radius 1 is 0.597 bits per heavy atom. The topological polar surface area (TPSA) is 228 Å². The van der Waals surface area contributed by atoms with Crippen molar-refractivity contribution in [3.8, 4) is 0 Å². The predicted octanol–water partition coefficient (Wildman–Crippen LogP) is 5.54. The first-order valence-electron chi connectivity index (χ1n) is 24.2. The summed E-state index contributed by atoms with van der Waals surface area (Å²) in [5.41, 5.74) is 0. The quantitative estimate of drug-likeness (QED) is 0.0279. The highest BCUT2D eigenvalue weighted by atomic mass is 16.7. The smallest absolute Gasteiger partial charge is 0.220 e. The summed E-state index contributed by atoms with van der Waals surface area (Å²) in [5, 5.41) is 86.7. The molecule has 0 aromatic carbocycles. The molecule has 0 saturated carbocycles. The van der Waals surface area contributed by atoms with Crippen LogP contribution in [-0.2, 0) is 23.7 Å². The molecule has 2 rings (SSSR count). The van der Waals surface area contributed by atoms with Crippen LogP contribution >= 0.6 is 0 Å². The zero-order chi connectivity index (χ0) is 45.4. The maximum absolute atomic E-state index is 13.1. The monoisotopic (exact) mass is 886 g/mol. The molecule has 2 aliphatic rings. The summed E-state index contributed by atoms with van der Waals surface area (Å²) in [6.45, 7) is 2.70. The lowest BCUT2D eigenvalue weighted by atomic mass is 9.97. The second-order valence-corrected chi connectivity index (χ2v) is 17.2. The van der Waals surface area contributed by atoms with Gasteiger partial charge < -0.3 is 65.1 Å². The number of rotatable bonds is 36. The number of aliphatic hydroxyl groups excluding tert-OH is 8. The van der Waals surface area contributed by atoms with Gasteiger partial charge in [-0.2, -0.15) is 0 Å². The van der Waals surface area contributed by atoms with E-state index in [4.69, 9.17) is 18.9 Å². The van der Waals surface area contributed by atoms with Crippen LogP contribution in [0.1, 0.15) is 168 Å². The van der Waals surface area contributed by atoms with E-state index in [1.54, 1.807) is 0 Å². The Balaban J connectivity index is 1.84. The number of carbonyl (C=O) groups is 1. The number of hydrogen-bond acceptors (Lipinski definition) is 13. The number of ether oxygens (including phenoxy) is 4. The van der Waals surface area contributed by atoms with Gasteiger partial charge in [-0.25, -0.2) is 0 Å². The highest BCUT2D eigenvalue weighted by Crippen LogP contribution is 2.30. The van der Waals surface area contributed by atoms with Crippen molar-refractivity contribution >= 4 is 5.91 Å². The molecule has 0 aromatic heterocycles. The Bertz CT molecular complexity index is 1190. The first kappa shape index (κ1) is 56.3. The lowest BCUT2D eigenvalue weighted by Crippen LogP contribution is -2.65. The van der Waals surface area contributed by atoms with Crippen LogP contribution in [0.15, 0.2) is 36.5 Å². The average molecular weight is 886 g/mol. The third-order valence-corrected chi connectivity index (χ3v) is 11.9. The standard InChI is InChI=1S/C48H87NO13/c1-3-5-7-9-11-13-15-16-17-18-19-20-22-24-26-28-30-32-40(53)49-36(37(52)31-29-27-25-23-21-14-12-10-8-6-4-2)35-59-47-45(58)43(56)46(39(34-51)61-47)62-48-44(57)42(55)41(54)38(33-50)60-48/h5,7,11,13,16-17,36-39,41-48,50-52,54-58H,3-4,6,8-10,12,14-15,18-35H2,1-2H3,(H,49,53)/b7-5-,13-11-,17-16-. The van der Waals surface area contributed by atoms with Crippen molar-refractivity contribution in [3.05, 3.63) is 36.5 Å². The Labute approximate surface area is 372 Å². The number of carbonyl (C=O) groups excluding carboxylic acids is 1. The highest BCUT2D eigenvalue weighted by molar-refractivity contribution is 5.76. The number of hydrogen-bond donors (Lipinski definition) is 9. The Morgan fingerprint density at radius 2 is 1.11 bits per heavy atom. The molecule has 62 heavy (non-hydrogen) atoms. The van der Waals surface area contributed by atoms with E-state index in [0.29, 0.717) is 19.3 Å². The lowest BCUT2D eigenvalue weighted by molar-refractivity contribution is -0.359. The van der Waals surface area contributed by atoms with Gasteiger partial charge in [-0.05, 0) is 44.9 Å². The summed E-state index contributed by atoms with van der Waals surface area (Å²) in [6, 6.07) is -0.831. The van der Waals surface area contributed by atoms with E-state index in [0.717, 1.165) is 77.0 Å². The van der Waals surface area contributed by atoms with E-state index in [1.165, 1.54) is 57.8 Å². The van der Waals surface area contributed by atoms with Crippen molar-refractivity contribution in [1.29, 1.82) is 0 Å². The fraction of sp³-hybridized carbons (Fsp3) is 0.854. The molecular formula is C48H87NO13. The molecular weight excluding hydrogens is 799 g/mol. The van der Waals surface area contributed by atoms with Crippen molar-refractivity contribution in [3.63, 3.8) is 0 Å². The van der Waals surface area contributed by atoms with Crippen LogP contribution in [0.25, 0.3) is 0 Å². The summed E-state index contributed by atoms with van der Waals surface area (Å²) in [4.78, 5) is 13.1. The van der Waals surface area contributed by atoms with E-state index >= 15 is 0 Å². The minimum absolute atomic E-state index is 0.220. The molecule has 0 aromatic rings. The number of unbranched alkanes of at least 4 members (excludes halogenated alkanes) is 17. The Hall–Kier alpha value is -1.79. The Kier molecular flexibility index (Phi) is 32.2. The molecule has 0 aliphatic carbocycles. The second kappa shape index (κ2) is 35.5. The van der Waals surface area contributed by atoms with Crippen LogP contribution in [0.5, 0.6) is 0 Å². The van der Waals surface area contributed by atoms with Crippen LogP contribution < -0.4 is 5.32 Å². The van der Waals surface area contributed by atoms with Crippen molar-refractivity contribution in [2.75, 3.05) is 19.8 Å². The molecule has 14 nitrogen and oxygen atoms in total. The number of amides is 1. The normalized spacial score (nSPS) is 28.0. The van der Waals surface area contributed by atoms with Crippen molar-refractivity contribution in [1.82, 2.24) is 5.32 Å². The molecule has 14 heteroatoms. The van der Waals surface area contributed by atoms with E-state index in [-0.39, 0.29) is 12.5 Å². The average Bonchev–Trinajstić information content (AvgIpc) is 3.27. The van der Waals surface area contributed by atoms with Crippen LogP contribution in [0.2, 0.25) is 0 Å². The van der Waals surface area contributed by atoms with E-state index < -0.39 is 86.8 Å². The van der Waals surface area contributed by atoms with E-state index in [9.17, 15) is 45.6 Å². The van der Waals surface area contributed by atoms with Gasteiger partial charge in [0.05, 0.1) is 32.0 Å². The summed E-state index contributed by atoms with van der Waals surface area (Å²) in [5.74, 6) is -0.220. The van der Waals surface area contributed by atoms with Crippen molar-refractivity contribution < 1.29 is 64.6 Å². The Morgan fingerprint density at radius 3 is 1.71 bits per heavy atom. The molecule has 2 fully saturated rings. The summed E-state index contributed by atoms with van der Waals surface area (Å²) in [6.07, 6.45) is 21.5. The zero-order valence-electron chi connectivity index (χ0n) is 38.1. The van der Waals surface area contributed by atoms with Crippen molar-refractivity contribution in [2.24, 2.45) is 0 Å². The summed E-state index contributed by atoms with van der Waals surface area (Å²) >= 11 is 0. The molecule has 12 unspecified atom stereocenters. The third-order valence-electron chi connectivity index (χ3n) is 11.9. The van der Waals surface area contributed by atoms with Gasteiger partial charge in [0.2, 0.25) is 5.91 Å². The van der Waals surface area contributed by atoms with Crippen LogP contribution in [0.3, 0.4) is 0 Å².